The zero-order valence-corrected chi connectivity index (χ0v) is 14.9. The van der Waals surface area contributed by atoms with Crippen molar-refractivity contribution in [2.45, 2.75) is 39.0 Å². The number of rotatable bonds is 2. The fourth-order valence-corrected chi connectivity index (χ4v) is 3.93. The van der Waals surface area contributed by atoms with Gasteiger partial charge in [0, 0.05) is 37.1 Å². The second-order valence-electron chi connectivity index (χ2n) is 7.45. The lowest BCUT2D eigenvalue weighted by Gasteiger charge is -2.30. The van der Waals surface area contributed by atoms with Gasteiger partial charge in [-0.15, -0.1) is 0 Å². The highest BCUT2D eigenvalue weighted by Gasteiger charge is 2.22. The van der Waals surface area contributed by atoms with Crippen molar-refractivity contribution < 1.29 is 4.79 Å². The lowest BCUT2D eigenvalue weighted by Crippen LogP contribution is -2.37. The molecule has 132 valence electrons. The Kier molecular flexibility index (Phi) is 4.55. The number of hydrogen-bond donors (Lipinski definition) is 0. The topological polar surface area (TPSA) is 49.3 Å². The quantitative estimate of drug-likeness (QED) is 0.841. The molecule has 1 amide bonds. The Morgan fingerprint density at radius 2 is 1.80 bits per heavy atom. The maximum absolute atomic E-state index is 12.9. The van der Waals surface area contributed by atoms with Gasteiger partial charge in [0.05, 0.1) is 5.52 Å². The Balaban J connectivity index is 1.65. The molecular formula is C20H26N4O. The molecule has 5 nitrogen and oxygen atoms in total. The predicted octanol–water partition coefficient (Wildman–Crippen LogP) is 3.49. The molecule has 0 unspecified atom stereocenters. The standard InChI is InChI=1S/C20H26N4O/c1-15-7-11-24(12-8-15)20(25)16-5-6-18-17(13-16)19(22-14-21-18)23-9-3-2-4-10-23/h5-6,13-15H,2-4,7-12H2,1H3. The summed E-state index contributed by atoms with van der Waals surface area (Å²) >= 11 is 0. The van der Waals surface area contributed by atoms with Crippen molar-refractivity contribution in [1.82, 2.24) is 14.9 Å². The van der Waals surface area contributed by atoms with Crippen LogP contribution in [-0.2, 0) is 0 Å². The first-order chi connectivity index (χ1) is 12.2. The number of piperidine rings is 2. The third-order valence-corrected chi connectivity index (χ3v) is 5.59. The molecule has 1 aromatic carbocycles. The summed E-state index contributed by atoms with van der Waals surface area (Å²) in [5, 5.41) is 1.00. The highest BCUT2D eigenvalue weighted by atomic mass is 16.2. The number of carbonyl (C=O) groups excluding carboxylic acids is 1. The molecule has 3 heterocycles. The monoisotopic (exact) mass is 338 g/mol. The molecule has 2 fully saturated rings. The summed E-state index contributed by atoms with van der Waals surface area (Å²) in [6, 6.07) is 5.87. The summed E-state index contributed by atoms with van der Waals surface area (Å²) in [6.07, 6.45) is 7.53. The highest BCUT2D eigenvalue weighted by Crippen LogP contribution is 2.27. The minimum atomic E-state index is 0.141. The van der Waals surface area contributed by atoms with Gasteiger partial charge in [-0.3, -0.25) is 4.79 Å². The molecule has 2 aliphatic rings. The van der Waals surface area contributed by atoms with E-state index in [2.05, 4.69) is 21.8 Å². The molecule has 2 aliphatic heterocycles. The van der Waals surface area contributed by atoms with Gasteiger partial charge in [-0.25, -0.2) is 9.97 Å². The third kappa shape index (κ3) is 3.32. The van der Waals surface area contributed by atoms with E-state index in [-0.39, 0.29) is 5.91 Å². The van der Waals surface area contributed by atoms with E-state index >= 15 is 0 Å². The normalized spacial score (nSPS) is 19.4. The van der Waals surface area contributed by atoms with Crippen LogP contribution in [0, 0.1) is 5.92 Å². The predicted molar refractivity (Wildman–Crippen MR) is 99.9 cm³/mol. The Bertz CT molecular complexity index is 761. The maximum atomic E-state index is 12.9. The number of anilines is 1. The van der Waals surface area contributed by atoms with Crippen molar-refractivity contribution in [1.29, 1.82) is 0 Å². The van der Waals surface area contributed by atoms with Gasteiger partial charge < -0.3 is 9.80 Å². The van der Waals surface area contributed by atoms with E-state index in [1.54, 1.807) is 6.33 Å². The van der Waals surface area contributed by atoms with E-state index in [4.69, 9.17) is 0 Å². The van der Waals surface area contributed by atoms with Gasteiger partial charge in [0.1, 0.15) is 12.1 Å². The molecule has 0 saturated carbocycles. The van der Waals surface area contributed by atoms with Gasteiger partial charge in [0.25, 0.3) is 5.91 Å². The number of carbonyl (C=O) groups is 1. The van der Waals surface area contributed by atoms with Gasteiger partial charge in [-0.1, -0.05) is 6.92 Å². The Labute approximate surface area is 149 Å². The summed E-state index contributed by atoms with van der Waals surface area (Å²) in [5.41, 5.74) is 1.68. The van der Waals surface area contributed by atoms with Gasteiger partial charge >= 0.3 is 0 Å². The van der Waals surface area contributed by atoms with Crippen LogP contribution in [0.25, 0.3) is 10.9 Å². The average Bonchev–Trinajstić information content (AvgIpc) is 2.68. The van der Waals surface area contributed by atoms with E-state index in [0.717, 1.165) is 67.2 Å². The second kappa shape index (κ2) is 6.98. The minimum Gasteiger partial charge on any atom is -0.356 e. The number of fused-ring (bicyclic) bond motifs is 1. The molecule has 25 heavy (non-hydrogen) atoms. The highest BCUT2D eigenvalue weighted by molar-refractivity contribution is 6.00. The number of likely N-dealkylation sites (tertiary alicyclic amines) is 1. The molecular weight excluding hydrogens is 312 g/mol. The van der Waals surface area contributed by atoms with E-state index in [1.807, 2.05) is 23.1 Å². The third-order valence-electron chi connectivity index (χ3n) is 5.59. The second-order valence-corrected chi connectivity index (χ2v) is 7.45. The molecule has 1 aromatic heterocycles. The van der Waals surface area contributed by atoms with Crippen LogP contribution in [-0.4, -0.2) is 47.0 Å². The Morgan fingerprint density at radius 3 is 2.56 bits per heavy atom. The van der Waals surface area contributed by atoms with Crippen molar-refractivity contribution in [3.8, 4) is 0 Å². The fraction of sp³-hybridized carbons (Fsp3) is 0.550. The summed E-state index contributed by atoms with van der Waals surface area (Å²) < 4.78 is 0. The van der Waals surface area contributed by atoms with Crippen LogP contribution in [0.1, 0.15) is 49.4 Å². The number of aromatic nitrogens is 2. The lowest BCUT2D eigenvalue weighted by molar-refractivity contribution is 0.0697. The average molecular weight is 338 g/mol. The van der Waals surface area contributed by atoms with Crippen LogP contribution in [0.4, 0.5) is 5.82 Å². The molecule has 0 aliphatic carbocycles. The summed E-state index contributed by atoms with van der Waals surface area (Å²) in [7, 11) is 0. The molecule has 2 saturated heterocycles. The van der Waals surface area contributed by atoms with Crippen LogP contribution >= 0.6 is 0 Å². The van der Waals surface area contributed by atoms with Crippen LogP contribution in [0.5, 0.6) is 0 Å². The molecule has 0 spiro atoms. The SMILES string of the molecule is CC1CCN(C(=O)c2ccc3ncnc(N4CCCCC4)c3c2)CC1. The first kappa shape index (κ1) is 16.3. The zero-order chi connectivity index (χ0) is 17.2. The van der Waals surface area contributed by atoms with Gasteiger partial charge in [0.15, 0.2) is 0 Å². The molecule has 0 bridgehead atoms. The van der Waals surface area contributed by atoms with Gasteiger partial charge in [0.2, 0.25) is 0 Å². The number of hydrogen-bond acceptors (Lipinski definition) is 4. The van der Waals surface area contributed by atoms with Crippen molar-refractivity contribution in [2.75, 3.05) is 31.1 Å². The van der Waals surface area contributed by atoms with E-state index in [1.165, 1.54) is 19.3 Å². The van der Waals surface area contributed by atoms with Crippen molar-refractivity contribution in [2.24, 2.45) is 5.92 Å². The molecule has 0 atom stereocenters. The fourth-order valence-electron chi connectivity index (χ4n) is 3.93. The first-order valence-corrected chi connectivity index (χ1v) is 9.51. The van der Waals surface area contributed by atoms with Gasteiger partial charge in [-0.2, -0.15) is 0 Å². The Morgan fingerprint density at radius 1 is 1.04 bits per heavy atom. The number of benzene rings is 1. The van der Waals surface area contributed by atoms with E-state index < -0.39 is 0 Å². The summed E-state index contributed by atoms with van der Waals surface area (Å²) in [4.78, 5) is 26.2. The van der Waals surface area contributed by atoms with Crippen LogP contribution < -0.4 is 4.90 Å². The molecule has 2 aromatic rings. The van der Waals surface area contributed by atoms with E-state index in [0.29, 0.717) is 0 Å². The smallest absolute Gasteiger partial charge is 0.253 e. The lowest BCUT2D eigenvalue weighted by atomic mass is 9.98. The minimum absolute atomic E-state index is 0.141. The number of amides is 1. The number of nitrogens with zero attached hydrogens (tertiary/aromatic N) is 4. The summed E-state index contributed by atoms with van der Waals surface area (Å²) in [5.74, 6) is 1.84. The van der Waals surface area contributed by atoms with Crippen LogP contribution in [0.2, 0.25) is 0 Å². The van der Waals surface area contributed by atoms with E-state index in [9.17, 15) is 4.79 Å². The Hall–Kier alpha value is -2.17. The summed E-state index contributed by atoms with van der Waals surface area (Å²) in [6.45, 7) is 6.06. The molecule has 5 heteroatoms. The van der Waals surface area contributed by atoms with Crippen LogP contribution in [0.15, 0.2) is 24.5 Å². The van der Waals surface area contributed by atoms with Crippen molar-refractivity contribution >= 4 is 22.6 Å². The molecule has 0 radical (unpaired) electrons. The maximum Gasteiger partial charge on any atom is 0.253 e. The largest absolute Gasteiger partial charge is 0.356 e. The first-order valence-electron chi connectivity index (χ1n) is 9.51. The van der Waals surface area contributed by atoms with Crippen LogP contribution in [0.3, 0.4) is 0 Å². The molecule has 4 rings (SSSR count). The molecule has 0 N–H and O–H groups in total. The zero-order valence-electron chi connectivity index (χ0n) is 14.9. The van der Waals surface area contributed by atoms with Gasteiger partial charge in [-0.05, 0) is 56.2 Å². The van der Waals surface area contributed by atoms with Crippen molar-refractivity contribution in [3.05, 3.63) is 30.1 Å². The van der Waals surface area contributed by atoms with Crippen molar-refractivity contribution in [3.63, 3.8) is 0 Å².